The molecule has 1 atom stereocenters. The molecular formula is C16H19N3O2. The second kappa shape index (κ2) is 5.98. The molecule has 1 aromatic carbocycles. The Morgan fingerprint density at radius 2 is 2.24 bits per heavy atom. The number of hydrogen-bond donors (Lipinski definition) is 1. The van der Waals surface area contributed by atoms with Gasteiger partial charge in [0, 0.05) is 6.54 Å². The van der Waals surface area contributed by atoms with E-state index in [0.717, 1.165) is 6.42 Å². The molecule has 0 saturated heterocycles. The molecule has 1 unspecified atom stereocenters. The Labute approximate surface area is 124 Å². The first kappa shape index (κ1) is 15.1. The predicted octanol–water partition coefficient (Wildman–Crippen LogP) is 2.43. The van der Waals surface area contributed by atoms with E-state index >= 15 is 0 Å². The summed E-state index contributed by atoms with van der Waals surface area (Å²) in [5, 5.41) is 24.3. The third kappa shape index (κ3) is 2.76. The molecule has 0 bridgehead atoms. The molecule has 5 nitrogen and oxygen atoms in total. The molecule has 1 heterocycles. The largest absolute Gasteiger partial charge is 0.493 e. The lowest BCUT2D eigenvalue weighted by atomic mass is 9.90. The molecule has 0 spiro atoms. The highest BCUT2D eigenvalue weighted by Crippen LogP contribution is 2.35. The number of benzene rings is 1. The predicted molar refractivity (Wildman–Crippen MR) is 78.9 cm³/mol. The van der Waals surface area contributed by atoms with E-state index in [1.165, 1.54) is 0 Å². The van der Waals surface area contributed by atoms with Crippen molar-refractivity contribution in [3.63, 3.8) is 0 Å². The number of aliphatic hydroxyl groups is 1. The van der Waals surface area contributed by atoms with Crippen molar-refractivity contribution in [2.45, 2.75) is 32.4 Å². The Bertz CT molecular complexity index is 668. The number of aryl methyl sites for hydroxylation is 1. The zero-order valence-corrected chi connectivity index (χ0v) is 12.5. The fourth-order valence-corrected chi connectivity index (χ4v) is 2.42. The van der Waals surface area contributed by atoms with Crippen LogP contribution in [0.15, 0.2) is 30.5 Å². The average Bonchev–Trinajstić information content (AvgIpc) is 2.91. The number of nitriles is 1. The molecular weight excluding hydrogens is 266 g/mol. The third-order valence-corrected chi connectivity index (χ3v) is 3.48. The summed E-state index contributed by atoms with van der Waals surface area (Å²) in [6.45, 7) is 4.42. The molecule has 2 aromatic rings. The SMILES string of the molecule is CCCn1ncc(OC)c1C(C)(O)c1cccc(C#N)c1. The minimum absolute atomic E-state index is 0.508. The second-order valence-electron chi connectivity index (χ2n) is 5.05. The minimum Gasteiger partial charge on any atom is -0.493 e. The van der Waals surface area contributed by atoms with Gasteiger partial charge in [0.25, 0.3) is 0 Å². The summed E-state index contributed by atoms with van der Waals surface area (Å²) in [5.41, 5.74) is 0.456. The number of methoxy groups -OCH3 is 1. The van der Waals surface area contributed by atoms with Crippen LogP contribution in [0.1, 0.15) is 37.1 Å². The number of aromatic nitrogens is 2. The number of hydrogen-bond acceptors (Lipinski definition) is 4. The van der Waals surface area contributed by atoms with Crippen molar-refractivity contribution < 1.29 is 9.84 Å². The van der Waals surface area contributed by atoms with E-state index in [2.05, 4.69) is 11.2 Å². The lowest BCUT2D eigenvalue weighted by Gasteiger charge is -2.26. The molecule has 0 radical (unpaired) electrons. The molecule has 0 aliphatic rings. The molecule has 0 amide bonds. The van der Waals surface area contributed by atoms with Crippen LogP contribution in [0.2, 0.25) is 0 Å². The summed E-state index contributed by atoms with van der Waals surface area (Å²) in [5.74, 6) is 0.538. The van der Waals surface area contributed by atoms with Gasteiger partial charge in [0.1, 0.15) is 11.3 Å². The van der Waals surface area contributed by atoms with Crippen LogP contribution in [0, 0.1) is 11.3 Å². The van der Waals surface area contributed by atoms with Crippen LogP contribution in [0.4, 0.5) is 0 Å². The zero-order chi connectivity index (χ0) is 15.5. The average molecular weight is 285 g/mol. The molecule has 2 rings (SSSR count). The van der Waals surface area contributed by atoms with Crippen LogP contribution in [0.3, 0.4) is 0 Å². The van der Waals surface area contributed by atoms with E-state index in [0.29, 0.717) is 29.1 Å². The van der Waals surface area contributed by atoms with E-state index in [1.54, 1.807) is 49.2 Å². The van der Waals surface area contributed by atoms with Gasteiger partial charge in [0.15, 0.2) is 5.75 Å². The smallest absolute Gasteiger partial charge is 0.163 e. The highest BCUT2D eigenvalue weighted by molar-refractivity contribution is 5.43. The standard InChI is InChI=1S/C16H19N3O2/c1-4-8-19-15(14(21-3)11-18-19)16(2,20)13-7-5-6-12(9-13)10-17/h5-7,9,11,20H,4,8H2,1-3H3. The van der Waals surface area contributed by atoms with Gasteiger partial charge in [-0.2, -0.15) is 10.4 Å². The highest BCUT2D eigenvalue weighted by Gasteiger charge is 2.33. The summed E-state index contributed by atoms with van der Waals surface area (Å²) in [4.78, 5) is 0. The maximum atomic E-state index is 11.0. The Hall–Kier alpha value is -2.32. The monoisotopic (exact) mass is 285 g/mol. The van der Waals surface area contributed by atoms with E-state index in [9.17, 15) is 5.11 Å². The molecule has 110 valence electrons. The zero-order valence-electron chi connectivity index (χ0n) is 12.5. The van der Waals surface area contributed by atoms with Crippen molar-refractivity contribution in [3.8, 4) is 11.8 Å². The summed E-state index contributed by atoms with van der Waals surface area (Å²) in [6.07, 6.45) is 2.50. The molecule has 0 aliphatic heterocycles. The fraction of sp³-hybridized carbons (Fsp3) is 0.375. The molecule has 21 heavy (non-hydrogen) atoms. The Morgan fingerprint density at radius 3 is 2.86 bits per heavy atom. The van der Waals surface area contributed by atoms with Crippen molar-refractivity contribution in [2.75, 3.05) is 7.11 Å². The summed E-state index contributed by atoms with van der Waals surface area (Å²) < 4.78 is 7.08. The van der Waals surface area contributed by atoms with Gasteiger partial charge in [-0.1, -0.05) is 19.1 Å². The number of rotatable bonds is 5. The summed E-state index contributed by atoms with van der Waals surface area (Å²) in [6, 6.07) is 9.03. The summed E-state index contributed by atoms with van der Waals surface area (Å²) >= 11 is 0. The van der Waals surface area contributed by atoms with Crippen molar-refractivity contribution in [2.24, 2.45) is 0 Å². The normalized spacial score (nSPS) is 13.5. The van der Waals surface area contributed by atoms with Crippen molar-refractivity contribution in [3.05, 3.63) is 47.3 Å². The first-order valence-corrected chi connectivity index (χ1v) is 6.87. The quantitative estimate of drug-likeness (QED) is 0.916. The van der Waals surface area contributed by atoms with E-state index in [1.807, 2.05) is 6.92 Å². The Balaban J connectivity index is 2.57. The van der Waals surface area contributed by atoms with Crippen LogP contribution in [-0.4, -0.2) is 22.0 Å². The van der Waals surface area contributed by atoms with Gasteiger partial charge in [-0.3, -0.25) is 4.68 Å². The molecule has 0 fully saturated rings. The molecule has 5 heteroatoms. The first-order valence-electron chi connectivity index (χ1n) is 6.87. The lowest BCUT2D eigenvalue weighted by molar-refractivity contribution is 0.0881. The van der Waals surface area contributed by atoms with Gasteiger partial charge in [-0.15, -0.1) is 0 Å². The van der Waals surface area contributed by atoms with E-state index in [-0.39, 0.29) is 0 Å². The van der Waals surface area contributed by atoms with Gasteiger partial charge < -0.3 is 9.84 Å². The van der Waals surface area contributed by atoms with Gasteiger partial charge in [-0.25, -0.2) is 0 Å². The van der Waals surface area contributed by atoms with Gasteiger partial charge in [0.05, 0.1) is 24.9 Å². The third-order valence-electron chi connectivity index (χ3n) is 3.48. The molecule has 0 saturated carbocycles. The van der Waals surface area contributed by atoms with Crippen LogP contribution in [0.25, 0.3) is 0 Å². The molecule has 1 N–H and O–H groups in total. The second-order valence-corrected chi connectivity index (χ2v) is 5.05. The Kier molecular flexibility index (Phi) is 4.29. The van der Waals surface area contributed by atoms with Crippen LogP contribution in [-0.2, 0) is 12.1 Å². The van der Waals surface area contributed by atoms with Crippen LogP contribution in [0.5, 0.6) is 5.75 Å². The van der Waals surface area contributed by atoms with Crippen LogP contribution < -0.4 is 4.74 Å². The topological polar surface area (TPSA) is 71.1 Å². The molecule has 0 aliphatic carbocycles. The summed E-state index contributed by atoms with van der Waals surface area (Å²) in [7, 11) is 1.55. The van der Waals surface area contributed by atoms with Crippen molar-refractivity contribution >= 4 is 0 Å². The lowest BCUT2D eigenvalue weighted by Crippen LogP contribution is -2.27. The van der Waals surface area contributed by atoms with Gasteiger partial charge in [0.2, 0.25) is 0 Å². The number of ether oxygens (including phenoxy) is 1. The first-order chi connectivity index (χ1) is 10.0. The Morgan fingerprint density at radius 1 is 1.48 bits per heavy atom. The minimum atomic E-state index is -1.29. The van der Waals surface area contributed by atoms with Gasteiger partial charge >= 0.3 is 0 Å². The van der Waals surface area contributed by atoms with E-state index < -0.39 is 5.60 Å². The maximum absolute atomic E-state index is 11.0. The molecule has 1 aromatic heterocycles. The van der Waals surface area contributed by atoms with Crippen molar-refractivity contribution in [1.82, 2.24) is 9.78 Å². The van der Waals surface area contributed by atoms with Gasteiger partial charge in [-0.05, 0) is 31.0 Å². The number of nitrogens with zero attached hydrogens (tertiary/aromatic N) is 3. The fourth-order valence-electron chi connectivity index (χ4n) is 2.42. The maximum Gasteiger partial charge on any atom is 0.163 e. The van der Waals surface area contributed by atoms with Crippen LogP contribution >= 0.6 is 0 Å². The van der Waals surface area contributed by atoms with E-state index in [4.69, 9.17) is 10.00 Å². The van der Waals surface area contributed by atoms with Crippen molar-refractivity contribution in [1.29, 1.82) is 5.26 Å². The highest BCUT2D eigenvalue weighted by atomic mass is 16.5.